The minimum atomic E-state index is -0.303. The van der Waals surface area contributed by atoms with Gasteiger partial charge in [-0.15, -0.1) is 0 Å². The first-order valence-corrected chi connectivity index (χ1v) is 4.94. The Morgan fingerprint density at radius 2 is 2.53 bits per heavy atom. The molecule has 80 valence electrons. The molecular weight excluding hydrogens is 194 g/mol. The molecule has 2 heterocycles. The molecule has 2 N–H and O–H groups in total. The second-order valence-electron chi connectivity index (χ2n) is 3.38. The molecule has 1 atom stereocenters. The lowest BCUT2D eigenvalue weighted by Gasteiger charge is -2.10. The highest BCUT2D eigenvalue weighted by Gasteiger charge is 2.16. The zero-order valence-electron chi connectivity index (χ0n) is 8.27. The molecule has 0 aliphatic carbocycles. The Bertz CT molecular complexity index is 323. The topological polar surface area (TPSA) is 63.2 Å². The molecule has 0 spiro atoms. The molecule has 1 aromatic rings. The van der Waals surface area contributed by atoms with Crippen LogP contribution in [0.15, 0.2) is 24.4 Å². The van der Waals surface area contributed by atoms with E-state index >= 15 is 0 Å². The number of carbonyl (C=O) groups is 1. The molecule has 5 heteroatoms. The van der Waals surface area contributed by atoms with E-state index in [9.17, 15) is 4.79 Å². The third-order valence-corrected chi connectivity index (χ3v) is 2.23. The van der Waals surface area contributed by atoms with Crippen LogP contribution in [0.2, 0.25) is 0 Å². The molecule has 2 rings (SSSR count). The quantitative estimate of drug-likeness (QED) is 0.690. The van der Waals surface area contributed by atoms with E-state index in [1.165, 1.54) is 0 Å². The van der Waals surface area contributed by atoms with E-state index in [-0.39, 0.29) is 12.0 Å². The largest absolute Gasteiger partial charge is 0.314 e. The van der Waals surface area contributed by atoms with Gasteiger partial charge in [0, 0.05) is 12.7 Å². The Hall–Kier alpha value is -1.46. The molecular formula is C10H13N3O2. The van der Waals surface area contributed by atoms with Crippen LogP contribution in [0.1, 0.15) is 16.9 Å². The number of amides is 1. The minimum absolute atomic E-state index is 0.0673. The van der Waals surface area contributed by atoms with Gasteiger partial charge in [-0.05, 0) is 25.1 Å². The van der Waals surface area contributed by atoms with Crippen LogP contribution < -0.4 is 10.8 Å². The van der Waals surface area contributed by atoms with Gasteiger partial charge in [0.15, 0.2) is 0 Å². The van der Waals surface area contributed by atoms with Crippen LogP contribution in [-0.2, 0) is 4.84 Å². The highest BCUT2D eigenvalue weighted by molar-refractivity contribution is 5.91. The molecule has 1 saturated heterocycles. The highest BCUT2D eigenvalue weighted by Crippen LogP contribution is 2.01. The van der Waals surface area contributed by atoms with Crippen molar-refractivity contribution in [2.75, 3.05) is 13.1 Å². The summed E-state index contributed by atoms with van der Waals surface area (Å²) in [5, 5.41) is 3.14. The second-order valence-corrected chi connectivity index (χ2v) is 3.38. The van der Waals surface area contributed by atoms with Crippen molar-refractivity contribution in [3.8, 4) is 0 Å². The van der Waals surface area contributed by atoms with Gasteiger partial charge in [-0.2, -0.15) is 0 Å². The summed E-state index contributed by atoms with van der Waals surface area (Å²) in [6.45, 7) is 1.71. The van der Waals surface area contributed by atoms with E-state index in [2.05, 4.69) is 15.8 Å². The van der Waals surface area contributed by atoms with Crippen molar-refractivity contribution >= 4 is 5.91 Å². The fourth-order valence-corrected chi connectivity index (χ4v) is 1.41. The standard InChI is InChI=1S/C10H13N3O2/c14-10(9-3-1-2-5-12-9)13-15-8-4-6-11-7-8/h1-3,5,8,11H,4,6-7H2,(H,13,14)/t8-/m1/s1. The van der Waals surface area contributed by atoms with Crippen LogP contribution in [0.4, 0.5) is 0 Å². The molecule has 1 aromatic heterocycles. The van der Waals surface area contributed by atoms with Crippen molar-refractivity contribution in [1.82, 2.24) is 15.8 Å². The van der Waals surface area contributed by atoms with Crippen molar-refractivity contribution < 1.29 is 9.63 Å². The van der Waals surface area contributed by atoms with Crippen molar-refractivity contribution in [2.24, 2.45) is 0 Å². The van der Waals surface area contributed by atoms with Crippen LogP contribution in [-0.4, -0.2) is 30.1 Å². The second kappa shape index (κ2) is 4.86. The first-order valence-electron chi connectivity index (χ1n) is 4.94. The molecule has 15 heavy (non-hydrogen) atoms. The van der Waals surface area contributed by atoms with E-state index in [1.54, 1.807) is 24.4 Å². The van der Waals surface area contributed by atoms with Gasteiger partial charge in [0.1, 0.15) is 5.69 Å². The average Bonchev–Trinajstić information content (AvgIpc) is 2.80. The molecule has 5 nitrogen and oxygen atoms in total. The smallest absolute Gasteiger partial charge is 0.293 e. The lowest BCUT2D eigenvalue weighted by atomic mass is 10.3. The lowest BCUT2D eigenvalue weighted by molar-refractivity contribution is -0.00710. The Morgan fingerprint density at radius 1 is 1.60 bits per heavy atom. The fraction of sp³-hybridized carbons (Fsp3) is 0.400. The van der Waals surface area contributed by atoms with Crippen molar-refractivity contribution in [3.05, 3.63) is 30.1 Å². The number of hydrogen-bond acceptors (Lipinski definition) is 4. The summed E-state index contributed by atoms with van der Waals surface area (Å²) in [4.78, 5) is 20.6. The number of carbonyl (C=O) groups excluding carboxylic acids is 1. The van der Waals surface area contributed by atoms with E-state index in [1.807, 2.05) is 0 Å². The zero-order chi connectivity index (χ0) is 10.5. The van der Waals surface area contributed by atoms with Crippen molar-refractivity contribution in [1.29, 1.82) is 0 Å². The number of rotatable bonds is 3. The molecule has 0 saturated carbocycles. The predicted octanol–water partition coefficient (Wildman–Crippen LogP) is 0.105. The number of nitrogens with zero attached hydrogens (tertiary/aromatic N) is 1. The lowest BCUT2D eigenvalue weighted by Crippen LogP contribution is -2.31. The number of nitrogens with one attached hydrogen (secondary N) is 2. The number of aromatic nitrogens is 1. The molecule has 0 bridgehead atoms. The molecule has 0 aromatic carbocycles. The summed E-state index contributed by atoms with van der Waals surface area (Å²) >= 11 is 0. The molecule has 1 aliphatic heterocycles. The van der Waals surface area contributed by atoms with E-state index < -0.39 is 0 Å². The fourth-order valence-electron chi connectivity index (χ4n) is 1.41. The number of hydrogen-bond donors (Lipinski definition) is 2. The molecule has 1 amide bonds. The first kappa shape index (κ1) is 10.1. The normalized spacial score (nSPS) is 20.1. The molecule has 1 fully saturated rings. The number of hydroxylamine groups is 1. The molecule has 0 radical (unpaired) electrons. The Morgan fingerprint density at radius 3 is 3.20 bits per heavy atom. The van der Waals surface area contributed by atoms with Crippen LogP contribution in [0.5, 0.6) is 0 Å². The van der Waals surface area contributed by atoms with Crippen LogP contribution >= 0.6 is 0 Å². The summed E-state index contributed by atoms with van der Waals surface area (Å²) < 4.78 is 0. The summed E-state index contributed by atoms with van der Waals surface area (Å²) in [6, 6.07) is 5.17. The van der Waals surface area contributed by atoms with Gasteiger partial charge in [0.2, 0.25) is 0 Å². The van der Waals surface area contributed by atoms with Crippen molar-refractivity contribution in [2.45, 2.75) is 12.5 Å². The van der Waals surface area contributed by atoms with Gasteiger partial charge < -0.3 is 5.32 Å². The minimum Gasteiger partial charge on any atom is -0.314 e. The average molecular weight is 207 g/mol. The maximum absolute atomic E-state index is 11.5. The Kier molecular flexibility index (Phi) is 3.26. The maximum atomic E-state index is 11.5. The van der Waals surface area contributed by atoms with Gasteiger partial charge in [0.25, 0.3) is 5.91 Å². The third kappa shape index (κ3) is 2.74. The Labute approximate surface area is 87.8 Å². The maximum Gasteiger partial charge on any atom is 0.293 e. The molecule has 1 aliphatic rings. The first-order chi connectivity index (χ1) is 7.36. The van der Waals surface area contributed by atoms with Gasteiger partial charge in [-0.25, -0.2) is 5.48 Å². The number of pyridine rings is 1. The van der Waals surface area contributed by atoms with Gasteiger partial charge in [-0.3, -0.25) is 14.6 Å². The van der Waals surface area contributed by atoms with E-state index in [0.29, 0.717) is 5.69 Å². The highest BCUT2D eigenvalue weighted by atomic mass is 16.7. The van der Waals surface area contributed by atoms with Crippen LogP contribution in [0.3, 0.4) is 0 Å². The van der Waals surface area contributed by atoms with E-state index in [4.69, 9.17) is 4.84 Å². The summed E-state index contributed by atoms with van der Waals surface area (Å²) in [6.07, 6.45) is 2.56. The predicted molar refractivity (Wildman–Crippen MR) is 54.1 cm³/mol. The Balaban J connectivity index is 1.82. The van der Waals surface area contributed by atoms with Crippen molar-refractivity contribution in [3.63, 3.8) is 0 Å². The SMILES string of the molecule is O=C(NO[C@@H]1CCNC1)c1ccccn1. The summed E-state index contributed by atoms with van der Waals surface area (Å²) in [7, 11) is 0. The summed E-state index contributed by atoms with van der Waals surface area (Å²) in [5.41, 5.74) is 2.76. The third-order valence-electron chi connectivity index (χ3n) is 2.23. The van der Waals surface area contributed by atoms with Crippen LogP contribution in [0, 0.1) is 0 Å². The van der Waals surface area contributed by atoms with Gasteiger partial charge in [-0.1, -0.05) is 6.07 Å². The zero-order valence-corrected chi connectivity index (χ0v) is 8.27. The van der Waals surface area contributed by atoms with E-state index in [0.717, 1.165) is 19.5 Å². The van der Waals surface area contributed by atoms with Gasteiger partial charge >= 0.3 is 0 Å². The summed E-state index contributed by atoms with van der Waals surface area (Å²) in [5.74, 6) is -0.303. The van der Waals surface area contributed by atoms with Crippen LogP contribution in [0.25, 0.3) is 0 Å². The molecule has 0 unspecified atom stereocenters. The monoisotopic (exact) mass is 207 g/mol. The van der Waals surface area contributed by atoms with Gasteiger partial charge in [0.05, 0.1) is 6.10 Å².